The zero-order chi connectivity index (χ0) is 21.2. The van der Waals surface area contributed by atoms with E-state index in [2.05, 4.69) is 20.5 Å². The summed E-state index contributed by atoms with van der Waals surface area (Å²) in [6.45, 7) is 0. The third kappa shape index (κ3) is 3.80. The molecule has 0 fully saturated rings. The molecule has 0 aliphatic heterocycles. The van der Waals surface area contributed by atoms with E-state index in [0.29, 0.717) is 16.6 Å². The molecule has 0 radical (unpaired) electrons. The van der Waals surface area contributed by atoms with E-state index >= 15 is 0 Å². The Balaban J connectivity index is 1.41. The fourth-order valence-corrected chi connectivity index (χ4v) is 4.21. The molecule has 2 N–H and O–H groups in total. The maximum Gasteiger partial charge on any atom is 0.252 e. The summed E-state index contributed by atoms with van der Waals surface area (Å²) in [4.78, 5) is 27.4. The molecule has 0 bridgehead atoms. The standard InChI is InChI=1S/C23H17N5O2S/c29-20-13-19(16-8-2-1-3-9-16)28-22(25-20)26-27-23(28)31-14-21(30)24-18-12-6-10-15-7-4-5-11-17(15)18/h1-13H,14H2,(H,24,30)(H,25,26,29). The lowest BCUT2D eigenvalue weighted by molar-refractivity contribution is -0.113. The van der Waals surface area contributed by atoms with Crippen LogP contribution in [0, 0.1) is 0 Å². The van der Waals surface area contributed by atoms with Gasteiger partial charge in [-0.3, -0.25) is 19.0 Å². The highest BCUT2D eigenvalue weighted by Crippen LogP contribution is 2.25. The van der Waals surface area contributed by atoms with Gasteiger partial charge in [0.25, 0.3) is 5.56 Å². The van der Waals surface area contributed by atoms with Crippen molar-refractivity contribution in [2.45, 2.75) is 5.16 Å². The van der Waals surface area contributed by atoms with E-state index < -0.39 is 0 Å². The first kappa shape index (κ1) is 19.1. The zero-order valence-corrected chi connectivity index (χ0v) is 17.1. The molecule has 2 aromatic heterocycles. The summed E-state index contributed by atoms with van der Waals surface area (Å²) in [7, 11) is 0. The SMILES string of the molecule is O=C(CSc1nnc2[nH]c(=O)cc(-c3ccccc3)n12)Nc1cccc2ccccc12. The summed E-state index contributed by atoms with van der Waals surface area (Å²) in [5.41, 5.74) is 2.04. The minimum Gasteiger partial charge on any atom is -0.325 e. The smallest absolute Gasteiger partial charge is 0.252 e. The number of amides is 1. The number of hydrogen-bond acceptors (Lipinski definition) is 5. The molecule has 152 valence electrons. The number of benzene rings is 3. The highest BCUT2D eigenvalue weighted by atomic mass is 32.2. The lowest BCUT2D eigenvalue weighted by atomic mass is 10.1. The van der Waals surface area contributed by atoms with Crippen LogP contribution in [-0.2, 0) is 4.79 Å². The van der Waals surface area contributed by atoms with Gasteiger partial charge in [0.1, 0.15) is 0 Å². The van der Waals surface area contributed by atoms with E-state index in [1.165, 1.54) is 17.8 Å². The Morgan fingerprint density at radius 1 is 0.968 bits per heavy atom. The van der Waals surface area contributed by atoms with Crippen molar-refractivity contribution in [3.63, 3.8) is 0 Å². The van der Waals surface area contributed by atoms with Crippen molar-refractivity contribution >= 4 is 39.9 Å². The van der Waals surface area contributed by atoms with Crippen molar-refractivity contribution in [3.05, 3.63) is 89.2 Å². The average molecular weight is 427 g/mol. The number of aromatic amines is 1. The fraction of sp³-hybridized carbons (Fsp3) is 0.0435. The van der Waals surface area contributed by atoms with Crippen molar-refractivity contribution in [1.82, 2.24) is 19.6 Å². The minimum absolute atomic E-state index is 0.149. The molecule has 0 atom stereocenters. The summed E-state index contributed by atoms with van der Waals surface area (Å²) in [5.74, 6) is 0.337. The molecule has 0 unspecified atom stereocenters. The Bertz CT molecular complexity index is 1450. The van der Waals surface area contributed by atoms with Gasteiger partial charge in [0.2, 0.25) is 11.7 Å². The quantitative estimate of drug-likeness (QED) is 0.414. The number of hydrogen-bond donors (Lipinski definition) is 2. The number of nitrogens with one attached hydrogen (secondary N) is 2. The van der Waals surface area contributed by atoms with Gasteiger partial charge in [-0.1, -0.05) is 78.5 Å². The van der Waals surface area contributed by atoms with Gasteiger partial charge < -0.3 is 5.32 Å². The number of fused-ring (bicyclic) bond motifs is 2. The van der Waals surface area contributed by atoms with Crippen molar-refractivity contribution in [1.29, 1.82) is 0 Å². The van der Waals surface area contributed by atoms with E-state index in [-0.39, 0.29) is 17.2 Å². The largest absolute Gasteiger partial charge is 0.325 e. The molecule has 2 heterocycles. The summed E-state index contributed by atoms with van der Waals surface area (Å²) in [5, 5.41) is 13.8. The molecule has 0 saturated carbocycles. The number of aromatic nitrogens is 4. The highest BCUT2D eigenvalue weighted by Gasteiger charge is 2.15. The lowest BCUT2D eigenvalue weighted by Crippen LogP contribution is -2.15. The van der Waals surface area contributed by atoms with Crippen molar-refractivity contribution in [2.24, 2.45) is 0 Å². The molecule has 8 heteroatoms. The average Bonchev–Trinajstić information content (AvgIpc) is 3.20. The Morgan fingerprint density at radius 3 is 2.61 bits per heavy atom. The third-order valence-electron chi connectivity index (χ3n) is 4.84. The third-order valence-corrected chi connectivity index (χ3v) is 5.77. The molecule has 0 aliphatic carbocycles. The van der Waals surface area contributed by atoms with Crippen LogP contribution in [0.1, 0.15) is 0 Å². The van der Waals surface area contributed by atoms with Gasteiger partial charge in [-0.2, -0.15) is 0 Å². The van der Waals surface area contributed by atoms with Crippen LogP contribution in [0.3, 0.4) is 0 Å². The van der Waals surface area contributed by atoms with Gasteiger partial charge in [-0.25, -0.2) is 0 Å². The topological polar surface area (TPSA) is 92.2 Å². The van der Waals surface area contributed by atoms with Crippen LogP contribution in [0.5, 0.6) is 0 Å². The van der Waals surface area contributed by atoms with E-state index in [1.54, 1.807) is 4.40 Å². The number of anilines is 1. The van der Waals surface area contributed by atoms with Crippen LogP contribution < -0.4 is 10.9 Å². The van der Waals surface area contributed by atoms with Gasteiger partial charge in [0, 0.05) is 17.1 Å². The van der Waals surface area contributed by atoms with E-state index in [0.717, 1.165) is 22.0 Å². The number of thioether (sulfide) groups is 1. The molecule has 5 aromatic rings. The summed E-state index contributed by atoms with van der Waals surface area (Å²) in [6.07, 6.45) is 0. The second-order valence-corrected chi connectivity index (χ2v) is 7.83. The second kappa shape index (κ2) is 8.08. The number of H-pyrrole nitrogens is 1. The molecular weight excluding hydrogens is 410 g/mol. The normalized spacial score (nSPS) is 11.1. The minimum atomic E-state index is -0.260. The fourth-order valence-electron chi connectivity index (χ4n) is 3.47. The van der Waals surface area contributed by atoms with Crippen molar-refractivity contribution in [2.75, 3.05) is 11.1 Å². The van der Waals surface area contributed by atoms with Crippen LogP contribution in [0.4, 0.5) is 5.69 Å². The van der Waals surface area contributed by atoms with Crippen LogP contribution in [0.2, 0.25) is 0 Å². The second-order valence-electron chi connectivity index (χ2n) is 6.89. The maximum absolute atomic E-state index is 12.6. The van der Waals surface area contributed by atoms with E-state index in [9.17, 15) is 9.59 Å². The number of carbonyl (C=O) groups excluding carboxylic acids is 1. The van der Waals surface area contributed by atoms with Gasteiger partial charge >= 0.3 is 0 Å². The number of rotatable bonds is 5. The number of nitrogens with zero attached hydrogens (tertiary/aromatic N) is 3. The van der Waals surface area contributed by atoms with E-state index in [4.69, 9.17) is 0 Å². The first-order valence-electron chi connectivity index (χ1n) is 9.63. The van der Waals surface area contributed by atoms with Gasteiger partial charge in [0.05, 0.1) is 11.4 Å². The molecule has 31 heavy (non-hydrogen) atoms. The van der Waals surface area contributed by atoms with Crippen molar-refractivity contribution in [3.8, 4) is 11.3 Å². The first-order chi connectivity index (χ1) is 15.2. The van der Waals surface area contributed by atoms with Gasteiger partial charge in [-0.05, 0) is 17.0 Å². The first-order valence-corrected chi connectivity index (χ1v) is 10.6. The molecule has 0 aliphatic rings. The predicted molar refractivity (Wildman–Crippen MR) is 122 cm³/mol. The van der Waals surface area contributed by atoms with Crippen LogP contribution in [0.25, 0.3) is 27.8 Å². The van der Waals surface area contributed by atoms with Crippen LogP contribution in [0.15, 0.2) is 88.8 Å². The maximum atomic E-state index is 12.6. The van der Waals surface area contributed by atoms with E-state index in [1.807, 2.05) is 72.8 Å². The summed E-state index contributed by atoms with van der Waals surface area (Å²) in [6, 6.07) is 24.7. The predicted octanol–water partition coefficient (Wildman–Crippen LogP) is 3.97. The number of carbonyl (C=O) groups is 1. The molecule has 3 aromatic carbocycles. The molecular formula is C23H17N5O2S. The molecule has 0 spiro atoms. The Hall–Kier alpha value is -3.91. The molecule has 1 amide bonds. The Kier molecular flexibility index (Phi) is 4.97. The molecule has 7 nitrogen and oxygen atoms in total. The summed E-state index contributed by atoms with van der Waals surface area (Å²) < 4.78 is 1.76. The summed E-state index contributed by atoms with van der Waals surface area (Å²) >= 11 is 1.26. The highest BCUT2D eigenvalue weighted by molar-refractivity contribution is 7.99. The Labute approximate surface area is 181 Å². The van der Waals surface area contributed by atoms with Crippen LogP contribution >= 0.6 is 11.8 Å². The van der Waals surface area contributed by atoms with Gasteiger partial charge in [-0.15, -0.1) is 10.2 Å². The molecule has 5 rings (SSSR count). The zero-order valence-electron chi connectivity index (χ0n) is 16.3. The Morgan fingerprint density at radius 2 is 1.74 bits per heavy atom. The van der Waals surface area contributed by atoms with Crippen molar-refractivity contribution < 1.29 is 4.79 Å². The molecule has 0 saturated heterocycles. The van der Waals surface area contributed by atoms with Gasteiger partial charge in [0.15, 0.2) is 5.16 Å². The van der Waals surface area contributed by atoms with Crippen LogP contribution in [-0.4, -0.2) is 31.2 Å². The monoisotopic (exact) mass is 427 g/mol. The lowest BCUT2D eigenvalue weighted by Gasteiger charge is -2.09.